The fraction of sp³-hybridized carbons (Fsp3) is 0.235. The maximum Gasteiger partial charge on any atom is 0.0846 e. The van der Waals surface area contributed by atoms with E-state index in [2.05, 4.69) is 120 Å². The fourth-order valence-electron chi connectivity index (χ4n) is 6.14. The molecule has 0 fully saturated rings. The number of hydrogen-bond acceptors (Lipinski definition) is 2. The number of aromatic nitrogens is 1. The first-order valence-corrected chi connectivity index (χ1v) is 13.3. The zero-order chi connectivity index (χ0) is 25.4. The number of nitrogens with zero attached hydrogens (tertiary/aromatic N) is 2. The van der Waals surface area contributed by atoms with E-state index in [1.54, 1.807) is 0 Å². The van der Waals surface area contributed by atoms with Crippen molar-refractivity contribution in [3.05, 3.63) is 119 Å². The topological polar surface area (TPSA) is 28.4 Å². The predicted molar refractivity (Wildman–Crippen MR) is 154 cm³/mol. The maximum absolute atomic E-state index is 11.5. The Morgan fingerprint density at radius 3 is 2.14 bits per heavy atom. The Kier molecular flexibility index (Phi) is 6.42. The molecule has 0 saturated carbocycles. The van der Waals surface area contributed by atoms with Gasteiger partial charge in [0, 0.05) is 30.6 Å². The average molecular weight is 487 g/mol. The van der Waals surface area contributed by atoms with Gasteiger partial charge >= 0.3 is 0 Å². The van der Waals surface area contributed by atoms with Crippen LogP contribution < -0.4 is 0 Å². The van der Waals surface area contributed by atoms with Gasteiger partial charge in [0.2, 0.25) is 0 Å². The van der Waals surface area contributed by atoms with Gasteiger partial charge in [-0.05, 0) is 54.2 Å². The van der Waals surface area contributed by atoms with Crippen molar-refractivity contribution in [1.82, 2.24) is 9.47 Å². The van der Waals surface area contributed by atoms with E-state index in [-0.39, 0.29) is 0 Å². The summed E-state index contributed by atoms with van der Waals surface area (Å²) in [6.45, 7) is 7.47. The molecule has 5 aromatic rings. The molecule has 186 valence electrons. The van der Waals surface area contributed by atoms with Crippen LogP contribution in [0.4, 0.5) is 0 Å². The molecule has 1 aliphatic heterocycles. The number of benzene rings is 4. The maximum atomic E-state index is 11.5. The number of hydrogen-bond donors (Lipinski definition) is 1. The minimum absolute atomic E-state index is 0.479. The van der Waals surface area contributed by atoms with Crippen LogP contribution in [0, 0.1) is 13.8 Å². The summed E-state index contributed by atoms with van der Waals surface area (Å²) in [7, 11) is 0. The molecule has 1 atom stereocenters. The third-order valence-corrected chi connectivity index (χ3v) is 7.67. The zero-order valence-electron chi connectivity index (χ0n) is 21.7. The molecule has 0 unspecified atom stereocenters. The van der Waals surface area contributed by atoms with E-state index in [0.717, 1.165) is 19.5 Å². The molecule has 1 N–H and O–H groups in total. The lowest BCUT2D eigenvalue weighted by Gasteiger charge is -2.30. The molecule has 37 heavy (non-hydrogen) atoms. The largest absolute Gasteiger partial charge is 0.390 e. The molecule has 0 saturated heterocycles. The van der Waals surface area contributed by atoms with Crippen LogP contribution in [-0.2, 0) is 19.5 Å². The number of aryl methyl sites for hydroxylation is 2. The van der Waals surface area contributed by atoms with E-state index in [1.165, 1.54) is 55.5 Å². The highest BCUT2D eigenvalue weighted by Gasteiger charge is 2.24. The molecule has 0 aliphatic carbocycles. The van der Waals surface area contributed by atoms with Crippen molar-refractivity contribution < 1.29 is 5.11 Å². The summed E-state index contributed by atoms with van der Waals surface area (Å²) in [5, 5.41) is 12.7. The molecule has 0 bridgehead atoms. The number of aliphatic hydroxyl groups excluding tert-OH is 1. The summed E-state index contributed by atoms with van der Waals surface area (Å²) >= 11 is 0. The number of β-amino-alcohol motifs (C(OH)–C–C–N with tert-alkyl or cyclic N) is 1. The van der Waals surface area contributed by atoms with Gasteiger partial charge in [-0.25, -0.2) is 0 Å². The first-order valence-electron chi connectivity index (χ1n) is 13.3. The molecule has 6 rings (SSSR count). The highest BCUT2D eigenvalue weighted by molar-refractivity contribution is 6.06. The SMILES string of the molecule is Cc1cc(C)c2c(c1)c(-c1ccccc1)c(-c1ccccc1)n2C[C@H](O)CN1CCc2ccccc2C1. The second-order valence-corrected chi connectivity index (χ2v) is 10.5. The van der Waals surface area contributed by atoms with E-state index in [0.29, 0.717) is 13.1 Å². The Morgan fingerprint density at radius 2 is 1.41 bits per heavy atom. The summed E-state index contributed by atoms with van der Waals surface area (Å²) in [6, 6.07) is 34.6. The molecule has 0 amide bonds. The quantitative estimate of drug-likeness (QED) is 0.280. The number of aliphatic hydroxyl groups is 1. The third kappa shape index (κ3) is 4.61. The smallest absolute Gasteiger partial charge is 0.0846 e. The van der Waals surface area contributed by atoms with Gasteiger partial charge < -0.3 is 9.67 Å². The first kappa shape index (κ1) is 23.7. The Labute approximate surface area is 219 Å². The normalized spacial score (nSPS) is 14.6. The fourth-order valence-corrected chi connectivity index (χ4v) is 6.14. The second-order valence-electron chi connectivity index (χ2n) is 10.5. The lowest BCUT2D eigenvalue weighted by molar-refractivity contribution is 0.0931. The first-order chi connectivity index (χ1) is 18.1. The van der Waals surface area contributed by atoms with Gasteiger partial charge in [0.1, 0.15) is 0 Å². The van der Waals surface area contributed by atoms with Crippen LogP contribution in [0.25, 0.3) is 33.3 Å². The van der Waals surface area contributed by atoms with Crippen LogP contribution in [0.3, 0.4) is 0 Å². The van der Waals surface area contributed by atoms with Crippen LogP contribution in [0.1, 0.15) is 22.3 Å². The summed E-state index contributed by atoms with van der Waals surface area (Å²) in [5.41, 5.74) is 11.3. The highest BCUT2D eigenvalue weighted by atomic mass is 16.3. The number of fused-ring (bicyclic) bond motifs is 2. The van der Waals surface area contributed by atoms with E-state index in [9.17, 15) is 5.11 Å². The average Bonchev–Trinajstić information content (AvgIpc) is 3.23. The summed E-state index contributed by atoms with van der Waals surface area (Å²) in [4.78, 5) is 2.40. The van der Waals surface area contributed by atoms with Gasteiger partial charge in [-0.15, -0.1) is 0 Å². The highest BCUT2D eigenvalue weighted by Crippen LogP contribution is 2.42. The van der Waals surface area contributed by atoms with Crippen molar-refractivity contribution in [2.24, 2.45) is 0 Å². The van der Waals surface area contributed by atoms with Crippen LogP contribution in [0.15, 0.2) is 97.1 Å². The van der Waals surface area contributed by atoms with E-state index < -0.39 is 6.10 Å². The Hall–Kier alpha value is -3.66. The lowest BCUT2D eigenvalue weighted by atomic mass is 9.97. The van der Waals surface area contributed by atoms with Crippen molar-refractivity contribution in [1.29, 1.82) is 0 Å². The van der Waals surface area contributed by atoms with Crippen LogP contribution in [0.5, 0.6) is 0 Å². The van der Waals surface area contributed by atoms with Gasteiger partial charge in [0.25, 0.3) is 0 Å². The van der Waals surface area contributed by atoms with Crippen molar-refractivity contribution in [3.8, 4) is 22.4 Å². The molecular formula is C34H34N2O. The lowest BCUT2D eigenvalue weighted by Crippen LogP contribution is -2.38. The molecule has 0 spiro atoms. The minimum Gasteiger partial charge on any atom is -0.390 e. The monoisotopic (exact) mass is 486 g/mol. The van der Waals surface area contributed by atoms with Crippen LogP contribution >= 0.6 is 0 Å². The van der Waals surface area contributed by atoms with Gasteiger partial charge in [-0.2, -0.15) is 0 Å². The molecule has 0 radical (unpaired) electrons. The van der Waals surface area contributed by atoms with Gasteiger partial charge in [0.15, 0.2) is 0 Å². The summed E-state index contributed by atoms with van der Waals surface area (Å²) < 4.78 is 2.38. The standard InChI is InChI=1S/C34H34N2O/c1-24-19-25(2)33-31(20-24)32(27-12-5-3-6-13-27)34(28-14-7-4-8-15-28)36(33)23-30(37)22-35-18-17-26-11-9-10-16-29(26)21-35/h3-16,19-20,30,37H,17-18,21-23H2,1-2H3/t30-/m1/s1. The molecular weight excluding hydrogens is 452 g/mol. The van der Waals surface area contributed by atoms with Gasteiger partial charge in [-0.1, -0.05) is 96.6 Å². The predicted octanol–water partition coefficient (Wildman–Crippen LogP) is 7.01. The van der Waals surface area contributed by atoms with Crippen molar-refractivity contribution in [2.45, 2.75) is 39.5 Å². The third-order valence-electron chi connectivity index (χ3n) is 7.67. The Balaban J connectivity index is 1.44. The van der Waals surface area contributed by atoms with Crippen LogP contribution in [-0.4, -0.2) is 33.8 Å². The Morgan fingerprint density at radius 1 is 0.757 bits per heavy atom. The zero-order valence-corrected chi connectivity index (χ0v) is 21.7. The van der Waals surface area contributed by atoms with E-state index in [1.807, 2.05) is 0 Å². The molecule has 1 aromatic heterocycles. The summed E-state index contributed by atoms with van der Waals surface area (Å²) in [5.74, 6) is 0. The van der Waals surface area contributed by atoms with E-state index in [4.69, 9.17) is 0 Å². The molecule has 3 heteroatoms. The van der Waals surface area contributed by atoms with Crippen molar-refractivity contribution >= 4 is 10.9 Å². The van der Waals surface area contributed by atoms with E-state index >= 15 is 0 Å². The van der Waals surface area contributed by atoms with Crippen LogP contribution in [0.2, 0.25) is 0 Å². The minimum atomic E-state index is -0.479. The number of rotatable bonds is 6. The van der Waals surface area contributed by atoms with Crippen molar-refractivity contribution in [3.63, 3.8) is 0 Å². The van der Waals surface area contributed by atoms with Gasteiger partial charge in [-0.3, -0.25) is 4.90 Å². The molecule has 4 aromatic carbocycles. The molecule has 2 heterocycles. The summed E-state index contributed by atoms with van der Waals surface area (Å²) in [6.07, 6.45) is 0.564. The molecule has 3 nitrogen and oxygen atoms in total. The second kappa shape index (κ2) is 10.0. The van der Waals surface area contributed by atoms with Gasteiger partial charge in [0.05, 0.1) is 23.9 Å². The van der Waals surface area contributed by atoms with Crippen molar-refractivity contribution in [2.75, 3.05) is 13.1 Å². The molecule has 1 aliphatic rings. The Bertz CT molecular complexity index is 1540.